The molecule has 0 fully saturated rings. The Labute approximate surface area is 171 Å². The Bertz CT molecular complexity index is 1090. The summed E-state index contributed by atoms with van der Waals surface area (Å²) in [6.45, 7) is 2.26. The number of anilines is 1. The largest absolute Gasteiger partial charge is 0.434 e. The van der Waals surface area contributed by atoms with Gasteiger partial charge in [-0.25, -0.2) is 13.4 Å². The zero-order valence-electron chi connectivity index (χ0n) is 14.7. The molecule has 0 spiro atoms. The van der Waals surface area contributed by atoms with Crippen LogP contribution in [0.2, 0.25) is 5.02 Å². The average molecular weight is 472 g/mol. The molecule has 0 saturated heterocycles. The maximum atomic E-state index is 13.2. The molecule has 4 N–H and O–H groups in total. The first-order valence-corrected chi connectivity index (χ1v) is 10.2. The normalized spacial score (nSPS) is 12.7. The van der Waals surface area contributed by atoms with Crippen LogP contribution in [-0.4, -0.2) is 35.9 Å². The minimum atomic E-state index is -5.10. The highest BCUT2D eigenvalue weighted by molar-refractivity contribution is 7.93. The Balaban J connectivity index is 2.67. The Morgan fingerprint density at radius 1 is 1.28 bits per heavy atom. The minimum absolute atomic E-state index is 0.289. The van der Waals surface area contributed by atoms with E-state index in [4.69, 9.17) is 17.3 Å². The van der Waals surface area contributed by atoms with E-state index >= 15 is 0 Å². The fourth-order valence-corrected chi connectivity index (χ4v) is 5.15. The van der Waals surface area contributed by atoms with Crippen LogP contribution in [-0.2, 0) is 20.8 Å². The predicted molar refractivity (Wildman–Crippen MR) is 97.5 cm³/mol. The smallest absolute Gasteiger partial charge is 0.381 e. The van der Waals surface area contributed by atoms with Crippen LogP contribution >= 0.6 is 22.9 Å². The topological polar surface area (TPSA) is 139 Å². The Kier molecular flexibility index (Phi) is 6.01. The first kappa shape index (κ1) is 23.1. The van der Waals surface area contributed by atoms with Crippen molar-refractivity contribution < 1.29 is 36.3 Å². The van der Waals surface area contributed by atoms with Crippen molar-refractivity contribution in [3.8, 4) is 0 Å². The van der Waals surface area contributed by atoms with Crippen LogP contribution in [0.25, 0.3) is 0 Å². The number of carbonyl (C=O) groups excluding carboxylic acids is 2. The molecule has 2 heterocycles. The van der Waals surface area contributed by atoms with E-state index in [0.717, 1.165) is 19.9 Å². The van der Waals surface area contributed by atoms with Gasteiger partial charge in [0.05, 0.1) is 10.6 Å². The highest BCUT2D eigenvalue weighted by atomic mass is 35.5. The van der Waals surface area contributed by atoms with Gasteiger partial charge in [-0.15, -0.1) is 11.3 Å². The molecule has 0 saturated carbocycles. The molecule has 2 amide bonds. The lowest BCUT2D eigenvalue weighted by molar-refractivity contribution is -0.143. The van der Waals surface area contributed by atoms with E-state index in [1.165, 1.54) is 0 Å². The molecule has 0 aliphatic heterocycles. The van der Waals surface area contributed by atoms with Gasteiger partial charge in [0.15, 0.2) is 5.69 Å². The summed E-state index contributed by atoms with van der Waals surface area (Å²) in [7, 11) is -4.85. The number of amides is 2. The van der Waals surface area contributed by atoms with Gasteiger partial charge in [0.1, 0.15) is 19.7 Å². The SMILES string of the molecule is CC(C)(O)C(=O)Nc1sc(S(=O)(=O)c2cc(Cl)cnc2C(F)(F)F)cc1C(N)=O. The lowest BCUT2D eigenvalue weighted by atomic mass is 10.1. The Morgan fingerprint density at radius 3 is 2.34 bits per heavy atom. The van der Waals surface area contributed by atoms with Crippen molar-refractivity contribution in [1.29, 1.82) is 0 Å². The second-order valence-electron chi connectivity index (χ2n) is 6.19. The summed E-state index contributed by atoms with van der Waals surface area (Å²) in [6.07, 6.45) is -4.46. The van der Waals surface area contributed by atoms with Gasteiger partial charge >= 0.3 is 6.18 Å². The lowest BCUT2D eigenvalue weighted by Gasteiger charge is -2.16. The summed E-state index contributed by atoms with van der Waals surface area (Å²) in [5.74, 6) is -2.14. The van der Waals surface area contributed by atoms with Crippen molar-refractivity contribution in [2.45, 2.75) is 34.7 Å². The monoisotopic (exact) mass is 471 g/mol. The predicted octanol–water partition coefficient (Wildman–Crippen LogP) is 2.46. The Morgan fingerprint density at radius 2 is 1.86 bits per heavy atom. The molecule has 0 unspecified atom stereocenters. The first-order chi connectivity index (χ1) is 13.0. The third-order valence-corrected chi connectivity index (χ3v) is 6.90. The van der Waals surface area contributed by atoms with Crippen LogP contribution in [0, 0.1) is 0 Å². The third kappa shape index (κ3) is 4.86. The number of rotatable bonds is 5. The number of nitrogens with two attached hydrogens (primary N) is 1. The van der Waals surface area contributed by atoms with Crippen LogP contribution in [0.5, 0.6) is 0 Å². The number of thiophene rings is 1. The van der Waals surface area contributed by atoms with Crippen LogP contribution in [0.15, 0.2) is 27.4 Å². The van der Waals surface area contributed by atoms with Gasteiger partial charge in [0, 0.05) is 6.20 Å². The standard InChI is InChI=1S/C15H13ClF3N3O5S2/c1-14(2,25)13(24)22-12-7(11(20)23)4-9(28-12)29(26,27)8-3-6(16)5-21-10(8)15(17,18)19/h3-5,25H,1-2H3,(H2,20,23)(H,22,24). The molecule has 0 aliphatic rings. The van der Waals surface area contributed by atoms with E-state index in [1.807, 2.05) is 0 Å². The number of aromatic nitrogens is 1. The maximum absolute atomic E-state index is 13.2. The summed E-state index contributed by atoms with van der Waals surface area (Å²) in [4.78, 5) is 25.4. The van der Waals surface area contributed by atoms with E-state index in [0.29, 0.717) is 12.3 Å². The van der Waals surface area contributed by atoms with E-state index < -0.39 is 53.8 Å². The number of primary amides is 1. The number of nitrogens with zero attached hydrogens (tertiary/aromatic N) is 1. The summed E-state index contributed by atoms with van der Waals surface area (Å²) >= 11 is 5.91. The van der Waals surface area contributed by atoms with Crippen molar-refractivity contribution in [3.63, 3.8) is 0 Å². The molecule has 2 aromatic heterocycles. The lowest BCUT2D eigenvalue weighted by Crippen LogP contribution is -2.36. The molecule has 0 bridgehead atoms. The van der Waals surface area contributed by atoms with Gasteiger partial charge < -0.3 is 16.2 Å². The molecule has 0 aliphatic carbocycles. The van der Waals surface area contributed by atoms with Crippen LogP contribution in [0.3, 0.4) is 0 Å². The maximum Gasteiger partial charge on any atom is 0.434 e. The molecule has 158 valence electrons. The van der Waals surface area contributed by atoms with Gasteiger partial charge in [0.25, 0.3) is 11.8 Å². The molecule has 8 nitrogen and oxygen atoms in total. The number of halogens is 4. The number of sulfone groups is 1. The van der Waals surface area contributed by atoms with Crippen molar-refractivity contribution in [1.82, 2.24) is 4.98 Å². The zero-order valence-corrected chi connectivity index (χ0v) is 17.1. The summed E-state index contributed by atoms with van der Waals surface area (Å²) in [6, 6.07) is 1.30. The number of nitrogens with one attached hydrogen (secondary N) is 1. The second kappa shape index (κ2) is 7.55. The highest BCUT2D eigenvalue weighted by Crippen LogP contribution is 2.40. The van der Waals surface area contributed by atoms with Crippen molar-refractivity contribution >= 4 is 49.6 Å². The van der Waals surface area contributed by atoms with Gasteiger partial charge in [-0.05, 0) is 26.0 Å². The van der Waals surface area contributed by atoms with Gasteiger partial charge in [-0.3, -0.25) is 9.59 Å². The molecule has 0 atom stereocenters. The van der Waals surface area contributed by atoms with E-state index in [1.54, 1.807) is 0 Å². The molecule has 0 aromatic carbocycles. The first-order valence-electron chi connectivity index (χ1n) is 7.50. The number of aliphatic hydroxyl groups is 1. The fraction of sp³-hybridized carbons (Fsp3) is 0.267. The molecule has 2 aromatic rings. The summed E-state index contributed by atoms with van der Waals surface area (Å²) in [5.41, 5.74) is 1.11. The number of alkyl halides is 3. The number of hydrogen-bond donors (Lipinski definition) is 3. The molecule has 2 rings (SSSR count). The molecular formula is C15H13ClF3N3O5S2. The Hall–Kier alpha value is -2.22. The van der Waals surface area contributed by atoms with Gasteiger partial charge in [-0.2, -0.15) is 13.2 Å². The highest BCUT2D eigenvalue weighted by Gasteiger charge is 2.40. The third-order valence-electron chi connectivity index (χ3n) is 3.40. The van der Waals surface area contributed by atoms with Crippen LogP contribution < -0.4 is 11.1 Å². The van der Waals surface area contributed by atoms with E-state index in [2.05, 4.69) is 10.3 Å². The molecular weight excluding hydrogens is 459 g/mol. The van der Waals surface area contributed by atoms with E-state index in [9.17, 15) is 36.3 Å². The van der Waals surface area contributed by atoms with Crippen LogP contribution in [0.1, 0.15) is 29.9 Å². The zero-order chi connectivity index (χ0) is 22.4. The van der Waals surface area contributed by atoms with Crippen molar-refractivity contribution in [2.24, 2.45) is 5.73 Å². The van der Waals surface area contributed by atoms with Crippen molar-refractivity contribution in [2.75, 3.05) is 5.32 Å². The molecule has 29 heavy (non-hydrogen) atoms. The van der Waals surface area contributed by atoms with Gasteiger partial charge in [-0.1, -0.05) is 11.6 Å². The molecule has 0 radical (unpaired) electrons. The quantitative estimate of drug-likeness (QED) is 0.612. The summed E-state index contributed by atoms with van der Waals surface area (Å²) < 4.78 is 64.6. The fourth-order valence-electron chi connectivity index (χ4n) is 1.98. The second-order valence-corrected chi connectivity index (χ2v) is 9.82. The number of pyridine rings is 1. The van der Waals surface area contributed by atoms with Gasteiger partial charge in [0.2, 0.25) is 9.84 Å². The average Bonchev–Trinajstić information content (AvgIpc) is 2.97. The number of carbonyl (C=O) groups is 2. The van der Waals surface area contributed by atoms with Crippen molar-refractivity contribution in [3.05, 3.63) is 34.6 Å². The minimum Gasteiger partial charge on any atom is -0.381 e. The number of hydrogen-bond acceptors (Lipinski definition) is 7. The molecule has 14 heteroatoms. The summed E-state index contributed by atoms with van der Waals surface area (Å²) in [5, 5.41) is 11.1. The van der Waals surface area contributed by atoms with Crippen LogP contribution in [0.4, 0.5) is 18.2 Å². The van der Waals surface area contributed by atoms with E-state index in [-0.39, 0.29) is 21.4 Å².